The fourth-order valence-electron chi connectivity index (χ4n) is 3.11. The molecule has 1 atom stereocenters. The van der Waals surface area contributed by atoms with Gasteiger partial charge in [-0.05, 0) is 31.0 Å². The zero-order chi connectivity index (χ0) is 15.9. The van der Waals surface area contributed by atoms with Crippen molar-refractivity contribution >= 4 is 17.4 Å². The highest BCUT2D eigenvalue weighted by Gasteiger charge is 2.18. The normalized spacial score (nSPS) is 17.5. The smallest absolute Gasteiger partial charge is 0.290 e. The number of aromatic nitrogens is 1. The Kier molecular flexibility index (Phi) is 5.78. The molecule has 0 radical (unpaired) electrons. The minimum Gasteiger partial charge on any atom is -0.483 e. The van der Waals surface area contributed by atoms with Crippen molar-refractivity contribution < 1.29 is 9.90 Å². The van der Waals surface area contributed by atoms with E-state index in [9.17, 15) is 0 Å². The minimum absolute atomic E-state index is 0.250. The Bertz CT molecular complexity index is 646. The molecule has 1 aromatic carbocycles. The van der Waals surface area contributed by atoms with Crippen LogP contribution in [0.15, 0.2) is 42.6 Å². The Morgan fingerprint density at radius 2 is 2.09 bits per heavy atom. The molecule has 0 spiro atoms. The van der Waals surface area contributed by atoms with Gasteiger partial charge < -0.3 is 9.67 Å². The van der Waals surface area contributed by atoms with Gasteiger partial charge in [0, 0.05) is 42.8 Å². The van der Waals surface area contributed by atoms with Crippen molar-refractivity contribution in [3.63, 3.8) is 0 Å². The second-order valence-corrected chi connectivity index (χ2v) is 5.39. The molecule has 0 bridgehead atoms. The van der Waals surface area contributed by atoms with Crippen LogP contribution in [0.25, 0.3) is 10.9 Å². The minimum atomic E-state index is -0.250. The predicted octanol–water partition coefficient (Wildman–Crippen LogP) is 3.51. The van der Waals surface area contributed by atoms with Crippen LogP contribution in [0.2, 0.25) is 0 Å². The van der Waals surface area contributed by atoms with E-state index in [1.54, 1.807) is 0 Å². The maximum Gasteiger partial charge on any atom is 0.290 e. The van der Waals surface area contributed by atoms with Crippen molar-refractivity contribution in [3.05, 3.63) is 48.2 Å². The summed E-state index contributed by atoms with van der Waals surface area (Å²) in [7, 11) is 0. The van der Waals surface area contributed by atoms with Crippen molar-refractivity contribution in [1.82, 2.24) is 9.47 Å². The average Bonchev–Trinajstić information content (AvgIpc) is 3.14. The van der Waals surface area contributed by atoms with Gasteiger partial charge in [-0.1, -0.05) is 31.2 Å². The number of carboxylic acid groups (broad SMARTS) is 1. The number of carbonyl (C=O) groups is 1. The number of hydrogen-bond donors (Lipinski definition) is 1. The Hall–Kier alpha value is -2.07. The lowest BCUT2D eigenvalue weighted by atomic mass is 10.1. The fourth-order valence-corrected chi connectivity index (χ4v) is 3.11. The average molecular weight is 300 g/mol. The van der Waals surface area contributed by atoms with E-state index in [1.165, 1.54) is 22.9 Å². The molecular weight excluding hydrogens is 276 g/mol. The van der Waals surface area contributed by atoms with Gasteiger partial charge in [0.15, 0.2) is 0 Å². The first-order valence-corrected chi connectivity index (χ1v) is 7.80. The first-order valence-electron chi connectivity index (χ1n) is 7.80. The van der Waals surface area contributed by atoms with Gasteiger partial charge in [-0.2, -0.15) is 0 Å². The lowest BCUT2D eigenvalue weighted by Gasteiger charge is -2.23. The van der Waals surface area contributed by atoms with E-state index >= 15 is 0 Å². The molecule has 2 heterocycles. The molecule has 0 aliphatic carbocycles. The highest BCUT2D eigenvalue weighted by atomic mass is 16.3. The molecule has 3 rings (SSSR count). The van der Waals surface area contributed by atoms with Gasteiger partial charge in [0.25, 0.3) is 6.47 Å². The highest BCUT2D eigenvalue weighted by molar-refractivity contribution is 5.83. The van der Waals surface area contributed by atoms with Crippen LogP contribution in [0.4, 0.5) is 0 Å². The van der Waals surface area contributed by atoms with E-state index in [0.29, 0.717) is 6.04 Å². The number of rotatable bonds is 4. The molecule has 0 amide bonds. The Balaban J connectivity index is 0.000000545. The summed E-state index contributed by atoms with van der Waals surface area (Å²) in [4.78, 5) is 10.9. The summed E-state index contributed by atoms with van der Waals surface area (Å²) < 4.78 is 2.32. The maximum absolute atomic E-state index is 8.36. The summed E-state index contributed by atoms with van der Waals surface area (Å²) in [5, 5.41) is 8.30. The van der Waals surface area contributed by atoms with Crippen LogP contribution in [0.5, 0.6) is 0 Å². The maximum atomic E-state index is 8.36. The molecule has 1 unspecified atom stereocenters. The van der Waals surface area contributed by atoms with Crippen molar-refractivity contribution in [2.45, 2.75) is 39.4 Å². The van der Waals surface area contributed by atoms with Gasteiger partial charge in [0.2, 0.25) is 0 Å². The van der Waals surface area contributed by atoms with E-state index in [4.69, 9.17) is 9.90 Å². The second kappa shape index (κ2) is 7.80. The summed E-state index contributed by atoms with van der Waals surface area (Å²) in [5.41, 5.74) is 2.81. The molecule has 118 valence electrons. The molecule has 0 saturated carbocycles. The molecule has 1 aliphatic heterocycles. The highest BCUT2D eigenvalue weighted by Crippen LogP contribution is 2.24. The zero-order valence-electron chi connectivity index (χ0n) is 13.3. The van der Waals surface area contributed by atoms with Gasteiger partial charge in [-0.3, -0.25) is 9.69 Å². The molecule has 2 aromatic rings. The predicted molar refractivity (Wildman–Crippen MR) is 89.9 cm³/mol. The van der Waals surface area contributed by atoms with Crippen LogP contribution in [-0.4, -0.2) is 33.6 Å². The number of fused-ring (bicyclic) bond motifs is 1. The van der Waals surface area contributed by atoms with E-state index in [2.05, 4.69) is 65.9 Å². The quantitative estimate of drug-likeness (QED) is 0.694. The molecule has 4 heteroatoms. The molecule has 4 nitrogen and oxygen atoms in total. The summed E-state index contributed by atoms with van der Waals surface area (Å²) in [6.07, 6.45) is 8.04. The number of aryl methyl sites for hydroxylation is 1. The summed E-state index contributed by atoms with van der Waals surface area (Å²) in [5.74, 6) is 0. The van der Waals surface area contributed by atoms with Gasteiger partial charge >= 0.3 is 0 Å². The molecule has 1 aromatic heterocycles. The number of hydrogen-bond acceptors (Lipinski definition) is 2. The molecular formula is C18H24N2O2. The van der Waals surface area contributed by atoms with Crippen LogP contribution >= 0.6 is 0 Å². The van der Waals surface area contributed by atoms with Gasteiger partial charge in [-0.15, -0.1) is 0 Å². The lowest BCUT2D eigenvalue weighted by Crippen LogP contribution is -2.28. The van der Waals surface area contributed by atoms with Crippen LogP contribution in [0.1, 0.15) is 25.8 Å². The molecule has 1 aliphatic rings. The molecule has 0 saturated heterocycles. The van der Waals surface area contributed by atoms with E-state index in [-0.39, 0.29) is 6.47 Å². The fraction of sp³-hybridized carbons (Fsp3) is 0.389. The first-order chi connectivity index (χ1) is 10.7. The van der Waals surface area contributed by atoms with Crippen LogP contribution in [0, 0.1) is 0 Å². The van der Waals surface area contributed by atoms with Gasteiger partial charge in [0.1, 0.15) is 0 Å². The SMILES string of the molecule is CCC1C=CCN1Cc1cccc2c1ccn2CC.O=CO. The third kappa shape index (κ3) is 3.39. The second-order valence-electron chi connectivity index (χ2n) is 5.39. The van der Waals surface area contributed by atoms with Crippen molar-refractivity contribution in [1.29, 1.82) is 0 Å². The monoisotopic (exact) mass is 300 g/mol. The summed E-state index contributed by atoms with van der Waals surface area (Å²) in [6, 6.07) is 9.56. The largest absolute Gasteiger partial charge is 0.483 e. The van der Waals surface area contributed by atoms with E-state index < -0.39 is 0 Å². The summed E-state index contributed by atoms with van der Waals surface area (Å²) in [6.45, 7) is 7.39. The topological polar surface area (TPSA) is 45.5 Å². The number of nitrogens with zero attached hydrogens (tertiary/aromatic N) is 2. The first kappa shape index (κ1) is 16.3. The Labute approximate surface area is 131 Å². The Morgan fingerprint density at radius 1 is 1.32 bits per heavy atom. The summed E-state index contributed by atoms with van der Waals surface area (Å²) >= 11 is 0. The lowest BCUT2D eigenvalue weighted by molar-refractivity contribution is -0.122. The van der Waals surface area contributed by atoms with Crippen molar-refractivity contribution in [3.8, 4) is 0 Å². The van der Waals surface area contributed by atoms with Crippen molar-refractivity contribution in [2.24, 2.45) is 0 Å². The molecule has 22 heavy (non-hydrogen) atoms. The third-order valence-corrected chi connectivity index (χ3v) is 4.20. The van der Waals surface area contributed by atoms with Crippen LogP contribution in [-0.2, 0) is 17.9 Å². The van der Waals surface area contributed by atoms with Crippen molar-refractivity contribution in [2.75, 3.05) is 6.54 Å². The number of benzene rings is 1. The zero-order valence-corrected chi connectivity index (χ0v) is 13.3. The van der Waals surface area contributed by atoms with Gasteiger partial charge in [0.05, 0.1) is 0 Å². The molecule has 0 fully saturated rings. The van der Waals surface area contributed by atoms with E-state index in [0.717, 1.165) is 19.6 Å². The van der Waals surface area contributed by atoms with Crippen LogP contribution in [0.3, 0.4) is 0 Å². The third-order valence-electron chi connectivity index (χ3n) is 4.20. The molecule has 1 N–H and O–H groups in total. The van der Waals surface area contributed by atoms with E-state index in [1.807, 2.05) is 0 Å². The van der Waals surface area contributed by atoms with Gasteiger partial charge in [-0.25, -0.2) is 0 Å². The van der Waals surface area contributed by atoms with Crippen LogP contribution < -0.4 is 0 Å². The standard InChI is InChI=1S/C17H22N2.CH2O2/c1-3-15-8-6-11-19(15)13-14-7-5-9-17-16(14)10-12-18(17)4-2;2-1-3/h5-10,12,15H,3-4,11,13H2,1-2H3;1H,(H,2,3). The Morgan fingerprint density at radius 3 is 2.77 bits per heavy atom.